The summed E-state index contributed by atoms with van der Waals surface area (Å²) >= 11 is 0. The Bertz CT molecular complexity index is 429. The normalized spacial score (nSPS) is 25.1. The zero-order valence-electron chi connectivity index (χ0n) is 9.00. The number of hydrogen-bond donors (Lipinski definition) is 0. The molecule has 1 unspecified atom stereocenters. The maximum absolute atomic E-state index is 13.7. The van der Waals surface area contributed by atoms with Gasteiger partial charge in [-0.15, -0.1) is 0 Å². The first kappa shape index (κ1) is 10.2. The van der Waals surface area contributed by atoms with Gasteiger partial charge in [0.1, 0.15) is 5.82 Å². The lowest BCUT2D eigenvalue weighted by Crippen LogP contribution is -2.20. The first-order valence-corrected chi connectivity index (χ1v) is 5.09. The highest BCUT2D eigenvalue weighted by Crippen LogP contribution is 2.33. The van der Waals surface area contributed by atoms with Crippen LogP contribution in [0.3, 0.4) is 0 Å². The molecular weight excluding hydrogens is 187 g/mol. The van der Waals surface area contributed by atoms with Crippen molar-refractivity contribution in [3.8, 4) is 0 Å². The molecule has 0 aliphatic heterocycles. The van der Waals surface area contributed by atoms with E-state index in [0.717, 1.165) is 5.56 Å². The van der Waals surface area contributed by atoms with Crippen LogP contribution in [0, 0.1) is 12.2 Å². The quantitative estimate of drug-likeness (QED) is 0.648. The molecule has 1 heteroatoms. The van der Waals surface area contributed by atoms with E-state index in [-0.39, 0.29) is 11.2 Å². The summed E-state index contributed by atoms with van der Waals surface area (Å²) in [7, 11) is 0. The van der Waals surface area contributed by atoms with Gasteiger partial charge >= 0.3 is 0 Å². The number of benzene rings is 1. The van der Waals surface area contributed by atoms with Gasteiger partial charge in [0.15, 0.2) is 0 Å². The van der Waals surface area contributed by atoms with Crippen molar-refractivity contribution in [3.05, 3.63) is 65.9 Å². The third-order valence-corrected chi connectivity index (χ3v) is 2.78. The molecule has 0 aromatic heterocycles. The van der Waals surface area contributed by atoms with E-state index in [1.807, 2.05) is 44.6 Å². The highest BCUT2D eigenvalue weighted by Gasteiger charge is 2.25. The molecule has 1 radical (unpaired) electrons. The number of hydrogen-bond acceptors (Lipinski definition) is 0. The molecule has 0 spiro atoms. The Morgan fingerprint density at radius 3 is 2.60 bits per heavy atom. The molecule has 1 aliphatic rings. The van der Waals surface area contributed by atoms with E-state index in [4.69, 9.17) is 0 Å². The molecule has 15 heavy (non-hydrogen) atoms. The molecule has 2 rings (SSSR count). The van der Waals surface area contributed by atoms with Gasteiger partial charge in [-0.05, 0) is 19.9 Å². The summed E-state index contributed by atoms with van der Waals surface area (Å²) in [5.74, 6) is -0.143. The molecule has 0 saturated heterocycles. The lowest BCUT2D eigenvalue weighted by molar-refractivity contribution is 0.579. The van der Waals surface area contributed by atoms with Crippen molar-refractivity contribution in [2.75, 3.05) is 0 Å². The van der Waals surface area contributed by atoms with Crippen LogP contribution in [0.2, 0.25) is 0 Å². The molecule has 1 aromatic rings. The largest absolute Gasteiger partial charge is 0.207 e. The van der Waals surface area contributed by atoms with Crippen molar-refractivity contribution in [1.29, 1.82) is 0 Å². The zero-order valence-corrected chi connectivity index (χ0v) is 9.00. The average molecular weight is 201 g/mol. The highest BCUT2D eigenvalue weighted by atomic mass is 19.1. The predicted molar refractivity (Wildman–Crippen MR) is 60.9 cm³/mol. The van der Waals surface area contributed by atoms with Crippen molar-refractivity contribution >= 4 is 0 Å². The summed E-state index contributed by atoms with van der Waals surface area (Å²) in [6.45, 7) is 4.06. The van der Waals surface area contributed by atoms with Crippen molar-refractivity contribution < 1.29 is 4.39 Å². The van der Waals surface area contributed by atoms with Gasteiger partial charge in [-0.1, -0.05) is 42.0 Å². The summed E-state index contributed by atoms with van der Waals surface area (Å²) in [5, 5.41) is 0. The Balaban J connectivity index is 2.50. The molecule has 0 bridgehead atoms. The molecule has 0 amide bonds. The molecule has 0 nitrogen and oxygen atoms in total. The fourth-order valence-electron chi connectivity index (χ4n) is 2.03. The van der Waals surface area contributed by atoms with Crippen molar-refractivity contribution in [3.63, 3.8) is 0 Å². The van der Waals surface area contributed by atoms with Gasteiger partial charge < -0.3 is 0 Å². The monoisotopic (exact) mass is 201 g/mol. The van der Waals surface area contributed by atoms with Gasteiger partial charge in [0.2, 0.25) is 0 Å². The zero-order chi connectivity index (χ0) is 10.9. The van der Waals surface area contributed by atoms with Gasteiger partial charge in [0.05, 0.1) is 0 Å². The minimum absolute atomic E-state index is 0.143. The standard InChI is InChI=1S/C14H14F/c1-11-6-5-9-14(2,10-11)12-7-3-4-8-13(12)15/h3-10H,1-2H3. The molecule has 0 saturated carbocycles. The summed E-state index contributed by atoms with van der Waals surface area (Å²) in [4.78, 5) is 0. The van der Waals surface area contributed by atoms with Crippen LogP contribution in [0.5, 0.6) is 0 Å². The first-order valence-electron chi connectivity index (χ1n) is 5.09. The van der Waals surface area contributed by atoms with Crippen molar-refractivity contribution in [2.45, 2.75) is 19.3 Å². The lowest BCUT2D eigenvalue weighted by atomic mass is 9.77. The molecule has 1 aliphatic carbocycles. The van der Waals surface area contributed by atoms with E-state index in [0.29, 0.717) is 0 Å². The Hall–Kier alpha value is -1.37. The molecule has 1 aromatic carbocycles. The summed E-state index contributed by atoms with van der Waals surface area (Å²) in [6, 6.07) is 6.95. The smallest absolute Gasteiger partial charge is 0.127 e. The van der Waals surface area contributed by atoms with Gasteiger partial charge in [-0.3, -0.25) is 0 Å². The molecular formula is C14H14F. The van der Waals surface area contributed by atoms with Crippen LogP contribution in [0.15, 0.2) is 48.1 Å². The van der Waals surface area contributed by atoms with Crippen LogP contribution < -0.4 is 0 Å². The predicted octanol–water partition coefficient (Wildman–Crippen LogP) is 3.80. The van der Waals surface area contributed by atoms with E-state index >= 15 is 0 Å². The van der Waals surface area contributed by atoms with Crippen LogP contribution in [-0.4, -0.2) is 0 Å². The second-order valence-corrected chi connectivity index (χ2v) is 4.18. The van der Waals surface area contributed by atoms with Gasteiger partial charge in [-0.2, -0.15) is 0 Å². The average Bonchev–Trinajstić information content (AvgIpc) is 2.17. The number of rotatable bonds is 1. The van der Waals surface area contributed by atoms with Gasteiger partial charge in [0.25, 0.3) is 0 Å². The second kappa shape index (κ2) is 3.65. The highest BCUT2D eigenvalue weighted by molar-refractivity contribution is 5.43. The molecule has 0 fully saturated rings. The Morgan fingerprint density at radius 2 is 1.93 bits per heavy atom. The van der Waals surface area contributed by atoms with E-state index in [1.54, 1.807) is 6.07 Å². The second-order valence-electron chi connectivity index (χ2n) is 4.18. The number of halogens is 1. The van der Waals surface area contributed by atoms with Crippen LogP contribution >= 0.6 is 0 Å². The van der Waals surface area contributed by atoms with Crippen LogP contribution in [-0.2, 0) is 5.41 Å². The Labute approximate surface area is 90.1 Å². The maximum atomic E-state index is 13.7. The topological polar surface area (TPSA) is 0 Å². The van der Waals surface area contributed by atoms with Gasteiger partial charge in [0, 0.05) is 17.4 Å². The summed E-state index contributed by atoms with van der Waals surface area (Å²) < 4.78 is 13.7. The SMILES string of the molecule is CC1=CC(C)(c2ccccc2F)C=C[CH]1. The van der Waals surface area contributed by atoms with Crippen LogP contribution in [0.4, 0.5) is 4.39 Å². The third-order valence-electron chi connectivity index (χ3n) is 2.78. The maximum Gasteiger partial charge on any atom is 0.127 e. The molecule has 0 heterocycles. The Kier molecular flexibility index (Phi) is 2.47. The fraction of sp³-hybridized carbons (Fsp3) is 0.214. The Morgan fingerprint density at radius 1 is 1.20 bits per heavy atom. The van der Waals surface area contributed by atoms with Crippen LogP contribution in [0.1, 0.15) is 19.4 Å². The lowest BCUT2D eigenvalue weighted by Gasteiger charge is -2.27. The van der Waals surface area contributed by atoms with E-state index < -0.39 is 0 Å². The van der Waals surface area contributed by atoms with E-state index in [1.165, 1.54) is 11.6 Å². The molecule has 0 N–H and O–H groups in total. The summed E-state index contributed by atoms with van der Waals surface area (Å²) in [5.41, 5.74) is 1.58. The van der Waals surface area contributed by atoms with E-state index in [9.17, 15) is 4.39 Å². The van der Waals surface area contributed by atoms with Crippen molar-refractivity contribution in [2.24, 2.45) is 0 Å². The molecule has 1 atom stereocenters. The van der Waals surface area contributed by atoms with Crippen molar-refractivity contribution in [1.82, 2.24) is 0 Å². The van der Waals surface area contributed by atoms with Gasteiger partial charge in [-0.25, -0.2) is 4.39 Å². The number of allylic oxidation sites excluding steroid dienone is 4. The summed E-state index contributed by atoms with van der Waals surface area (Å²) in [6.07, 6.45) is 8.13. The first-order chi connectivity index (χ1) is 7.12. The minimum atomic E-state index is -0.315. The molecule has 77 valence electrons. The fourth-order valence-corrected chi connectivity index (χ4v) is 2.03. The minimum Gasteiger partial charge on any atom is -0.207 e. The third kappa shape index (κ3) is 1.87. The van der Waals surface area contributed by atoms with E-state index in [2.05, 4.69) is 6.08 Å². The van der Waals surface area contributed by atoms with Crippen LogP contribution in [0.25, 0.3) is 0 Å².